The Morgan fingerprint density at radius 2 is 1.85 bits per heavy atom. The van der Waals surface area contributed by atoms with Gasteiger partial charge in [0.15, 0.2) is 6.61 Å². The van der Waals surface area contributed by atoms with Gasteiger partial charge in [-0.15, -0.1) is 0 Å². The number of rotatable bonds is 6. The second-order valence-corrected chi connectivity index (χ2v) is 6.34. The van der Waals surface area contributed by atoms with Crippen LogP contribution < -0.4 is 15.1 Å². The van der Waals surface area contributed by atoms with Crippen LogP contribution in [0.4, 0.5) is 0 Å². The van der Waals surface area contributed by atoms with Gasteiger partial charge in [-0.05, 0) is 54.8 Å². The number of aliphatic carboxylic acids is 1. The molecule has 0 bridgehead atoms. The first-order valence-electron chi connectivity index (χ1n) is 8.43. The van der Waals surface area contributed by atoms with Gasteiger partial charge >= 0.3 is 11.6 Å². The van der Waals surface area contributed by atoms with E-state index in [1.54, 1.807) is 19.2 Å². The predicted molar refractivity (Wildman–Crippen MR) is 101 cm³/mol. The monoisotopic (exact) mass is 368 g/mol. The Morgan fingerprint density at radius 1 is 1.15 bits per heavy atom. The molecule has 1 N–H and O–H groups in total. The lowest BCUT2D eigenvalue weighted by atomic mass is 9.98. The molecule has 0 spiro atoms. The van der Waals surface area contributed by atoms with E-state index >= 15 is 0 Å². The molecule has 0 aliphatic rings. The van der Waals surface area contributed by atoms with E-state index in [9.17, 15) is 9.59 Å². The first-order valence-corrected chi connectivity index (χ1v) is 8.43. The number of hydrogen-bond donors (Lipinski definition) is 1. The summed E-state index contributed by atoms with van der Waals surface area (Å²) in [6.07, 6.45) is 0.389. The van der Waals surface area contributed by atoms with E-state index < -0.39 is 18.2 Å². The number of benzene rings is 2. The first-order chi connectivity index (χ1) is 12.9. The zero-order valence-corrected chi connectivity index (χ0v) is 15.4. The third kappa shape index (κ3) is 3.95. The highest BCUT2D eigenvalue weighted by molar-refractivity contribution is 5.88. The van der Waals surface area contributed by atoms with Crippen molar-refractivity contribution < 1.29 is 23.8 Å². The third-order valence-electron chi connectivity index (χ3n) is 4.38. The van der Waals surface area contributed by atoms with E-state index in [1.165, 1.54) is 0 Å². The van der Waals surface area contributed by atoms with Crippen molar-refractivity contribution >= 4 is 16.9 Å². The van der Waals surface area contributed by atoms with Crippen LogP contribution >= 0.6 is 0 Å². The van der Waals surface area contributed by atoms with E-state index in [0.29, 0.717) is 28.7 Å². The molecule has 6 heteroatoms. The first kappa shape index (κ1) is 18.5. The minimum atomic E-state index is -1.07. The second kappa shape index (κ2) is 7.53. The fourth-order valence-corrected chi connectivity index (χ4v) is 3.04. The average Bonchev–Trinajstić information content (AvgIpc) is 2.63. The molecular formula is C21H20O6. The predicted octanol–water partition coefficient (Wildman–Crippen LogP) is 3.47. The molecule has 0 saturated carbocycles. The van der Waals surface area contributed by atoms with Gasteiger partial charge in [0.1, 0.15) is 17.1 Å². The Labute approximate surface area is 156 Å². The van der Waals surface area contributed by atoms with Crippen molar-refractivity contribution in [1.82, 2.24) is 0 Å². The van der Waals surface area contributed by atoms with E-state index in [2.05, 4.69) is 0 Å². The molecule has 0 aliphatic carbocycles. The molecular weight excluding hydrogens is 348 g/mol. The second-order valence-electron chi connectivity index (χ2n) is 6.34. The molecule has 3 aromatic rings. The van der Waals surface area contributed by atoms with Crippen LogP contribution in [-0.4, -0.2) is 24.8 Å². The number of carboxylic acid groups (broad SMARTS) is 1. The fourth-order valence-electron chi connectivity index (χ4n) is 3.04. The van der Waals surface area contributed by atoms with Crippen LogP contribution in [0.3, 0.4) is 0 Å². The number of ether oxygens (including phenoxy) is 2. The molecule has 6 nitrogen and oxygen atoms in total. The number of aryl methyl sites for hydroxylation is 2. The Hall–Kier alpha value is -3.28. The van der Waals surface area contributed by atoms with Crippen LogP contribution in [0.5, 0.6) is 11.5 Å². The Morgan fingerprint density at radius 3 is 2.48 bits per heavy atom. The Bertz CT molecular complexity index is 1050. The lowest BCUT2D eigenvalue weighted by molar-refractivity contribution is -0.139. The molecule has 0 radical (unpaired) electrons. The summed E-state index contributed by atoms with van der Waals surface area (Å²) in [6.45, 7) is 3.18. The zero-order chi connectivity index (χ0) is 19.6. The van der Waals surface area contributed by atoms with Crippen molar-refractivity contribution in [1.29, 1.82) is 0 Å². The number of carboxylic acids is 1. The molecule has 1 heterocycles. The third-order valence-corrected chi connectivity index (χ3v) is 4.38. The lowest BCUT2D eigenvalue weighted by Gasteiger charge is -2.13. The summed E-state index contributed by atoms with van der Waals surface area (Å²) in [4.78, 5) is 23.4. The SMILES string of the molecule is COc1ccc(Cc2c(C)c3c(OCC(=O)O)cc(C)cc3oc2=O)cc1. The van der Waals surface area contributed by atoms with Crippen LogP contribution in [0.1, 0.15) is 22.3 Å². The van der Waals surface area contributed by atoms with Crippen LogP contribution in [0, 0.1) is 13.8 Å². The van der Waals surface area contributed by atoms with Gasteiger partial charge in [0, 0.05) is 12.0 Å². The lowest BCUT2D eigenvalue weighted by Crippen LogP contribution is -2.13. The van der Waals surface area contributed by atoms with Gasteiger partial charge in [-0.25, -0.2) is 9.59 Å². The molecule has 0 saturated heterocycles. The summed E-state index contributed by atoms with van der Waals surface area (Å²) < 4.78 is 16.1. The fraction of sp³-hybridized carbons (Fsp3) is 0.238. The highest BCUT2D eigenvalue weighted by Gasteiger charge is 2.17. The Balaban J connectivity index is 2.10. The standard InChI is InChI=1S/C21H20O6/c1-12-8-17(26-11-19(22)23)20-13(2)16(21(24)27-18(20)9-12)10-14-4-6-15(25-3)7-5-14/h4-9H,10-11H2,1-3H3,(H,22,23). The molecule has 140 valence electrons. The summed E-state index contributed by atoms with van der Waals surface area (Å²) >= 11 is 0. The average molecular weight is 368 g/mol. The van der Waals surface area contributed by atoms with E-state index in [4.69, 9.17) is 19.0 Å². The minimum Gasteiger partial charge on any atom is -0.497 e. The smallest absolute Gasteiger partial charge is 0.341 e. The van der Waals surface area contributed by atoms with Crippen LogP contribution in [-0.2, 0) is 11.2 Å². The highest BCUT2D eigenvalue weighted by Crippen LogP contribution is 2.31. The minimum absolute atomic E-state index is 0.386. The van der Waals surface area contributed by atoms with Gasteiger partial charge in [-0.3, -0.25) is 0 Å². The number of hydrogen-bond acceptors (Lipinski definition) is 5. The molecule has 27 heavy (non-hydrogen) atoms. The van der Waals surface area contributed by atoms with Gasteiger partial charge in [0.25, 0.3) is 0 Å². The number of fused-ring (bicyclic) bond motifs is 1. The van der Waals surface area contributed by atoms with Crippen molar-refractivity contribution in [3.8, 4) is 11.5 Å². The summed E-state index contributed by atoms with van der Waals surface area (Å²) in [6, 6.07) is 10.9. The van der Waals surface area contributed by atoms with Gasteiger partial charge in [-0.2, -0.15) is 0 Å². The molecule has 1 aromatic heterocycles. The maximum absolute atomic E-state index is 12.5. The molecule has 2 aromatic carbocycles. The topological polar surface area (TPSA) is 86.0 Å². The molecule has 3 rings (SSSR count). The summed E-state index contributed by atoms with van der Waals surface area (Å²) in [5.74, 6) is 0.0589. The summed E-state index contributed by atoms with van der Waals surface area (Å²) in [5, 5.41) is 9.53. The van der Waals surface area contributed by atoms with E-state index in [-0.39, 0.29) is 0 Å². The van der Waals surface area contributed by atoms with Crippen LogP contribution in [0.25, 0.3) is 11.0 Å². The molecule has 0 fully saturated rings. The summed E-state index contributed by atoms with van der Waals surface area (Å²) in [5.41, 5.74) is 2.95. The quantitative estimate of drug-likeness (QED) is 0.671. The number of methoxy groups -OCH3 is 1. The maximum atomic E-state index is 12.5. The number of carbonyl (C=O) groups is 1. The van der Waals surface area contributed by atoms with Crippen molar-refractivity contribution in [2.75, 3.05) is 13.7 Å². The maximum Gasteiger partial charge on any atom is 0.341 e. The van der Waals surface area contributed by atoms with Gasteiger partial charge < -0.3 is 19.0 Å². The van der Waals surface area contributed by atoms with Crippen LogP contribution in [0.15, 0.2) is 45.6 Å². The largest absolute Gasteiger partial charge is 0.497 e. The van der Waals surface area contributed by atoms with E-state index in [0.717, 1.165) is 22.4 Å². The van der Waals surface area contributed by atoms with Gasteiger partial charge in [0.05, 0.1) is 12.5 Å². The van der Waals surface area contributed by atoms with Gasteiger partial charge in [0.2, 0.25) is 0 Å². The summed E-state index contributed by atoms with van der Waals surface area (Å²) in [7, 11) is 1.59. The van der Waals surface area contributed by atoms with Crippen molar-refractivity contribution in [2.24, 2.45) is 0 Å². The van der Waals surface area contributed by atoms with Crippen molar-refractivity contribution in [3.63, 3.8) is 0 Å². The normalized spacial score (nSPS) is 10.8. The molecule has 0 atom stereocenters. The van der Waals surface area contributed by atoms with E-state index in [1.807, 2.05) is 38.1 Å². The van der Waals surface area contributed by atoms with Crippen molar-refractivity contribution in [2.45, 2.75) is 20.3 Å². The highest BCUT2D eigenvalue weighted by atomic mass is 16.5. The van der Waals surface area contributed by atoms with Crippen molar-refractivity contribution in [3.05, 3.63) is 69.1 Å². The molecule has 0 amide bonds. The molecule has 0 aliphatic heterocycles. The van der Waals surface area contributed by atoms with Gasteiger partial charge in [-0.1, -0.05) is 12.1 Å². The zero-order valence-electron chi connectivity index (χ0n) is 15.4. The Kier molecular flexibility index (Phi) is 5.16. The molecule has 0 unspecified atom stereocenters. The van der Waals surface area contributed by atoms with Crippen LogP contribution in [0.2, 0.25) is 0 Å².